The Morgan fingerprint density at radius 3 is 2.68 bits per heavy atom. The normalized spacial score (nSPS) is 25.1. The highest BCUT2D eigenvalue weighted by Crippen LogP contribution is 2.34. The molecule has 0 aromatic carbocycles. The van der Waals surface area contributed by atoms with Gasteiger partial charge in [0.15, 0.2) is 0 Å². The van der Waals surface area contributed by atoms with Gasteiger partial charge in [0, 0.05) is 19.4 Å². The van der Waals surface area contributed by atoms with Crippen LogP contribution in [-0.4, -0.2) is 29.8 Å². The number of allylic oxidation sites excluding steroid dienone is 1. The maximum atomic E-state index is 12.4. The number of carbonyl (C=O) groups is 2. The van der Waals surface area contributed by atoms with Crippen molar-refractivity contribution in [3.63, 3.8) is 0 Å². The van der Waals surface area contributed by atoms with Gasteiger partial charge in [-0.15, -0.1) is 5.92 Å². The first-order chi connectivity index (χ1) is 8.91. The van der Waals surface area contributed by atoms with Crippen LogP contribution in [0, 0.1) is 23.2 Å². The zero-order valence-electron chi connectivity index (χ0n) is 11.6. The third kappa shape index (κ3) is 2.39. The van der Waals surface area contributed by atoms with Gasteiger partial charge in [-0.25, -0.2) is 9.79 Å². The molecular formula is C14H17N2O3-. The van der Waals surface area contributed by atoms with Gasteiger partial charge in [0.25, 0.3) is 0 Å². The molecule has 0 spiro atoms. The van der Waals surface area contributed by atoms with Gasteiger partial charge in [-0.1, -0.05) is 25.0 Å². The van der Waals surface area contributed by atoms with Crippen LogP contribution in [0.5, 0.6) is 0 Å². The minimum absolute atomic E-state index is 0.539. The van der Waals surface area contributed by atoms with Crippen LogP contribution in [0.1, 0.15) is 27.2 Å². The molecule has 1 heterocycles. The summed E-state index contributed by atoms with van der Waals surface area (Å²) in [4.78, 5) is 28.1. The molecule has 0 aromatic heterocycles. The summed E-state index contributed by atoms with van der Waals surface area (Å²) in [6.45, 7) is 5.28. The summed E-state index contributed by atoms with van der Waals surface area (Å²) >= 11 is 0. The second-order valence-electron chi connectivity index (χ2n) is 4.33. The predicted molar refractivity (Wildman–Crippen MR) is 70.1 cm³/mol. The number of rotatable bonds is 2. The number of hydrogen-bond acceptors (Lipinski definition) is 3. The lowest BCUT2D eigenvalue weighted by atomic mass is 9.73. The minimum Gasteiger partial charge on any atom is -0.861 e. The van der Waals surface area contributed by atoms with E-state index < -0.39 is 29.2 Å². The minimum atomic E-state index is -1.49. The van der Waals surface area contributed by atoms with Gasteiger partial charge in [-0.2, -0.15) is 0 Å². The lowest BCUT2D eigenvalue weighted by molar-refractivity contribution is -0.230. The summed E-state index contributed by atoms with van der Waals surface area (Å²) in [5, 5.41) is 12.1. The van der Waals surface area contributed by atoms with Gasteiger partial charge < -0.3 is 5.11 Å². The molecule has 0 bridgehead atoms. The average Bonchev–Trinajstić information content (AvgIpc) is 2.38. The number of nitrogens with zero attached hydrogens (tertiary/aromatic N) is 2. The van der Waals surface area contributed by atoms with Crippen molar-refractivity contribution in [2.75, 3.05) is 7.05 Å². The fourth-order valence-electron chi connectivity index (χ4n) is 2.00. The van der Waals surface area contributed by atoms with E-state index in [0.717, 1.165) is 4.90 Å². The molecule has 102 valence electrons. The van der Waals surface area contributed by atoms with E-state index in [1.807, 2.05) is 6.92 Å². The third-order valence-corrected chi connectivity index (χ3v) is 3.10. The Labute approximate surface area is 113 Å². The van der Waals surface area contributed by atoms with Gasteiger partial charge in [-0.3, -0.25) is 9.69 Å². The molecular weight excluding hydrogens is 244 g/mol. The van der Waals surface area contributed by atoms with Crippen molar-refractivity contribution in [3.05, 3.63) is 12.2 Å². The summed E-state index contributed by atoms with van der Waals surface area (Å²) in [5.74, 6) is 3.89. The quantitative estimate of drug-likeness (QED) is 0.548. The molecule has 1 aliphatic rings. The molecule has 0 aliphatic carbocycles. The van der Waals surface area contributed by atoms with E-state index >= 15 is 0 Å². The highest BCUT2D eigenvalue weighted by atomic mass is 16.3. The fourth-order valence-corrected chi connectivity index (χ4v) is 2.00. The summed E-state index contributed by atoms with van der Waals surface area (Å²) in [7, 11) is 1.32. The zero-order valence-corrected chi connectivity index (χ0v) is 11.6. The van der Waals surface area contributed by atoms with E-state index in [1.165, 1.54) is 13.1 Å². The molecule has 0 N–H and O–H groups in total. The maximum absolute atomic E-state index is 12.4. The van der Waals surface area contributed by atoms with Crippen molar-refractivity contribution in [2.24, 2.45) is 16.3 Å². The molecule has 0 saturated carbocycles. The van der Waals surface area contributed by atoms with Crippen LogP contribution >= 0.6 is 0 Å². The molecule has 0 aromatic rings. The Morgan fingerprint density at radius 2 is 2.16 bits per heavy atom. The smallest absolute Gasteiger partial charge is 0.349 e. The lowest BCUT2D eigenvalue weighted by Crippen LogP contribution is -2.58. The number of amides is 3. The van der Waals surface area contributed by atoms with Crippen LogP contribution in [0.3, 0.4) is 0 Å². The van der Waals surface area contributed by atoms with E-state index in [1.54, 1.807) is 19.9 Å². The Hall–Kier alpha value is -2.09. The summed E-state index contributed by atoms with van der Waals surface area (Å²) < 4.78 is 0. The number of hydrogen-bond donors (Lipinski definition) is 0. The molecule has 1 rings (SSSR count). The van der Waals surface area contributed by atoms with Gasteiger partial charge in [-0.05, 0) is 19.7 Å². The first-order valence-corrected chi connectivity index (χ1v) is 6.12. The highest BCUT2D eigenvalue weighted by molar-refractivity contribution is 6.17. The van der Waals surface area contributed by atoms with Crippen molar-refractivity contribution in [1.29, 1.82) is 0 Å². The second-order valence-corrected chi connectivity index (χ2v) is 4.33. The number of imide groups is 1. The fraction of sp³-hybridized carbons (Fsp3) is 0.500. The Kier molecular flexibility index (Phi) is 4.49. The third-order valence-electron chi connectivity index (χ3n) is 3.10. The summed E-state index contributed by atoms with van der Waals surface area (Å²) in [5.41, 5.74) is -1.49. The SMILES string of the molecule is C/C=C/C1(C(C)C#CCC)C(=O)N(C)C(=O)N=C1[O-]. The number of urea groups is 1. The average molecular weight is 261 g/mol. The van der Waals surface area contributed by atoms with E-state index in [2.05, 4.69) is 16.8 Å². The standard InChI is InChI=1S/C14H18N2O3/c1-5-7-8-10(3)14(9-6-2)11(17)15-13(19)16(4)12(14)18/h6,9-10H,5H2,1-4H3,(H,15,17,19)/p-1/b9-6+. The first kappa shape index (κ1) is 15.0. The molecule has 0 saturated heterocycles. The molecule has 2 atom stereocenters. The summed E-state index contributed by atoms with van der Waals surface area (Å²) in [6, 6.07) is -0.828. The predicted octanol–water partition coefficient (Wildman–Crippen LogP) is 0.949. The van der Waals surface area contributed by atoms with Crippen LogP contribution in [0.25, 0.3) is 0 Å². The van der Waals surface area contributed by atoms with Crippen LogP contribution in [0.2, 0.25) is 0 Å². The number of aliphatic imine (C=N–C) groups is 1. The van der Waals surface area contributed by atoms with Crippen LogP contribution in [0.15, 0.2) is 17.1 Å². The maximum Gasteiger partial charge on any atom is 0.349 e. The molecule has 2 unspecified atom stereocenters. The van der Waals surface area contributed by atoms with E-state index in [9.17, 15) is 14.7 Å². The summed E-state index contributed by atoms with van der Waals surface area (Å²) in [6.07, 6.45) is 3.72. The van der Waals surface area contributed by atoms with Crippen molar-refractivity contribution in [2.45, 2.75) is 27.2 Å². The van der Waals surface area contributed by atoms with Crippen LogP contribution < -0.4 is 5.11 Å². The molecule has 0 radical (unpaired) electrons. The second kappa shape index (κ2) is 5.70. The van der Waals surface area contributed by atoms with Gasteiger partial charge >= 0.3 is 6.03 Å². The van der Waals surface area contributed by atoms with Gasteiger partial charge in [0.1, 0.15) is 5.41 Å². The van der Waals surface area contributed by atoms with E-state index in [4.69, 9.17) is 0 Å². The highest BCUT2D eigenvalue weighted by Gasteiger charge is 2.47. The first-order valence-electron chi connectivity index (χ1n) is 6.12. The van der Waals surface area contributed by atoms with Crippen molar-refractivity contribution < 1.29 is 14.7 Å². The van der Waals surface area contributed by atoms with E-state index in [-0.39, 0.29) is 0 Å². The molecule has 0 fully saturated rings. The molecule has 5 heteroatoms. The van der Waals surface area contributed by atoms with Crippen LogP contribution in [-0.2, 0) is 4.79 Å². The number of carbonyl (C=O) groups excluding carboxylic acids is 2. The van der Waals surface area contributed by atoms with Gasteiger partial charge in [0.2, 0.25) is 5.91 Å². The zero-order chi connectivity index (χ0) is 14.6. The van der Waals surface area contributed by atoms with Crippen LogP contribution in [0.4, 0.5) is 4.79 Å². The Morgan fingerprint density at radius 1 is 1.53 bits per heavy atom. The molecule has 5 nitrogen and oxygen atoms in total. The van der Waals surface area contributed by atoms with Crippen molar-refractivity contribution in [3.8, 4) is 11.8 Å². The molecule has 3 amide bonds. The van der Waals surface area contributed by atoms with Crippen molar-refractivity contribution >= 4 is 17.8 Å². The van der Waals surface area contributed by atoms with Crippen molar-refractivity contribution in [1.82, 2.24) is 4.90 Å². The Bertz CT molecular complexity index is 511. The van der Waals surface area contributed by atoms with E-state index in [0.29, 0.717) is 6.42 Å². The molecule has 19 heavy (non-hydrogen) atoms. The van der Waals surface area contributed by atoms with Gasteiger partial charge in [0.05, 0.1) is 0 Å². The topological polar surface area (TPSA) is 72.8 Å². The lowest BCUT2D eigenvalue weighted by Gasteiger charge is -2.41. The largest absolute Gasteiger partial charge is 0.861 e. The molecule has 1 aliphatic heterocycles. The Balaban J connectivity index is 3.44. The monoisotopic (exact) mass is 261 g/mol.